The minimum atomic E-state index is -0.281. The van der Waals surface area contributed by atoms with Gasteiger partial charge in [-0.1, -0.05) is 353 Å². The van der Waals surface area contributed by atoms with E-state index >= 15 is 0 Å². The van der Waals surface area contributed by atoms with E-state index in [-0.39, 0.29) is 37.9 Å². The highest BCUT2D eigenvalue weighted by atomic mass is 15.0. The molecule has 12 aliphatic rings. The summed E-state index contributed by atoms with van der Waals surface area (Å²) >= 11 is 0. The van der Waals surface area contributed by atoms with Crippen molar-refractivity contribution in [2.45, 2.75) is 340 Å². The second-order valence-electron chi connectivity index (χ2n) is 50.1. The summed E-state index contributed by atoms with van der Waals surface area (Å²) in [5.74, 6) is 6.35. The Morgan fingerprint density at radius 1 is 0.305 bits per heavy atom. The van der Waals surface area contributed by atoms with E-state index in [1.165, 1.54) is 332 Å². The zero-order valence-corrected chi connectivity index (χ0v) is 87.6. The first-order chi connectivity index (χ1) is 68.5. The molecule has 5 saturated carbocycles. The van der Waals surface area contributed by atoms with Crippen LogP contribution in [0.5, 0.6) is 0 Å². The molecule has 12 aliphatic carbocycles. The average molecular weight is 1850 g/mol. The summed E-state index contributed by atoms with van der Waals surface area (Å²) in [6.45, 7) is 40.4. The van der Waals surface area contributed by atoms with E-state index in [4.69, 9.17) is 9.97 Å². The summed E-state index contributed by atoms with van der Waals surface area (Å²) in [5, 5.41) is 6.09. The van der Waals surface area contributed by atoms with Crippen molar-refractivity contribution in [2.24, 2.45) is 52.8 Å². The van der Waals surface area contributed by atoms with Crippen molar-refractivity contribution in [3.8, 4) is 111 Å². The van der Waals surface area contributed by atoms with Gasteiger partial charge in [0.25, 0.3) is 0 Å². The maximum absolute atomic E-state index is 5.85. The Balaban J connectivity index is 0.554. The molecule has 15 unspecified atom stereocenters. The molecule has 716 valence electrons. The summed E-state index contributed by atoms with van der Waals surface area (Å²) in [6.07, 6.45) is 40.2. The van der Waals surface area contributed by atoms with Crippen molar-refractivity contribution in [1.29, 1.82) is 0 Å². The first-order valence-electron chi connectivity index (χ1n) is 57.0. The molecule has 0 radical (unpaired) electrons. The van der Waals surface area contributed by atoms with E-state index in [1.807, 2.05) is 0 Å². The first-order valence-corrected chi connectivity index (χ1v) is 57.0. The maximum atomic E-state index is 5.85. The van der Waals surface area contributed by atoms with Gasteiger partial charge in [-0.25, -0.2) is 0 Å². The molecule has 5 fully saturated rings. The van der Waals surface area contributed by atoms with Crippen LogP contribution in [-0.2, 0) is 37.9 Å². The van der Waals surface area contributed by atoms with E-state index in [1.54, 1.807) is 49.7 Å². The van der Waals surface area contributed by atoms with Crippen LogP contribution in [0.2, 0.25) is 0 Å². The molecule has 141 heavy (non-hydrogen) atoms. The lowest BCUT2D eigenvalue weighted by Gasteiger charge is -2.73. The molecule has 5 bridgehead atoms. The van der Waals surface area contributed by atoms with Gasteiger partial charge < -0.3 is 4.40 Å². The molecule has 15 aromatic rings. The summed E-state index contributed by atoms with van der Waals surface area (Å²) in [4.78, 5) is 11.6. The van der Waals surface area contributed by atoms with Gasteiger partial charge in [-0.3, -0.25) is 9.97 Å². The number of aromatic nitrogens is 3. The Morgan fingerprint density at radius 2 is 0.681 bits per heavy atom. The predicted molar refractivity (Wildman–Crippen MR) is 594 cm³/mol. The fraction of sp³-hybridized carbons (Fsp3) is 0.449. The van der Waals surface area contributed by atoms with Crippen LogP contribution in [0.25, 0.3) is 149 Å². The van der Waals surface area contributed by atoms with Crippen molar-refractivity contribution in [3.05, 3.63) is 291 Å². The molecule has 4 aromatic heterocycles. The van der Waals surface area contributed by atoms with E-state index < -0.39 is 0 Å². The normalized spacial score (nSPS) is 25.8. The standard InChI is InChI=1S/C138H149N3/c1-17-25-29-35-41-96(24-8)138(95(23-7)40-32-27-19-3)118-70-88(83-43-52-101-100-51-42-82(81-36-33-30-34-37-81)64-111(100)131(9,10)112(101)65-83)47-56-106(118)107-57-48-89(71-119(107)138)85-45-54-103-102-53-44-84(66-113(102)132(11,12)114(103)67-85)87-46-55-104-105-58-49-90(72-117(105)137(116(104)69-87,93(21-5)38-28-20-4)94(22-6)39-31-26-18-2)86-50-59-108-109-74-110-124-120(78-139-129-122(124)91-60-80-61-97(62-91)134(129,15)75-80)141-121-79-140-130-123(92-63-98-73-99-77-135(130,16)136(98,99)76-92)125(121)126(128(110)141)127(109)133(13,14)115(108)68-86/h30,33-34,36-37,42-59,64-72,74,78-80,91-99H,17-29,31-32,35,38-41,60-63,73,75-77H2,1-16H3. The number of nitrogens with zero attached hydrogens (tertiary/aromatic N) is 3. The van der Waals surface area contributed by atoms with Crippen molar-refractivity contribution >= 4 is 38.1 Å². The third-order valence-corrected chi connectivity index (χ3v) is 42.9. The molecule has 15 atom stereocenters. The Hall–Kier alpha value is -10.5. The Morgan fingerprint density at radius 3 is 1.12 bits per heavy atom. The molecule has 3 heteroatoms. The van der Waals surface area contributed by atoms with Crippen LogP contribution in [0.3, 0.4) is 0 Å². The molecule has 0 saturated heterocycles. The number of pyridine rings is 2. The molecular formula is C138H149N3. The third kappa shape index (κ3) is 11.8. The molecule has 11 aromatic carbocycles. The van der Waals surface area contributed by atoms with Gasteiger partial charge in [0, 0.05) is 59.4 Å². The van der Waals surface area contributed by atoms with Gasteiger partial charge in [0.2, 0.25) is 0 Å². The molecule has 4 heterocycles. The number of rotatable bonds is 29. The largest absolute Gasteiger partial charge is 0.305 e. The van der Waals surface area contributed by atoms with Crippen LogP contribution < -0.4 is 0 Å². The molecule has 0 aliphatic heterocycles. The fourth-order valence-corrected chi connectivity index (χ4v) is 36.4. The second kappa shape index (κ2) is 32.0. The van der Waals surface area contributed by atoms with Crippen LogP contribution in [0.15, 0.2) is 213 Å². The summed E-state index contributed by atoms with van der Waals surface area (Å²) in [6, 6.07) is 83.3. The number of benzene rings is 11. The van der Waals surface area contributed by atoms with Gasteiger partial charge in [0.1, 0.15) is 0 Å². The van der Waals surface area contributed by atoms with Crippen LogP contribution in [0, 0.1) is 52.8 Å². The number of fused-ring (bicyclic) bond motifs is 33. The highest BCUT2D eigenvalue weighted by Crippen LogP contribution is 2.84. The molecule has 1 spiro atoms. The van der Waals surface area contributed by atoms with E-state index in [0.29, 0.717) is 40.9 Å². The van der Waals surface area contributed by atoms with Crippen molar-refractivity contribution < 1.29 is 0 Å². The van der Waals surface area contributed by atoms with Crippen molar-refractivity contribution in [1.82, 2.24) is 14.4 Å². The van der Waals surface area contributed by atoms with Crippen LogP contribution >= 0.6 is 0 Å². The Labute approximate surface area is 841 Å². The number of unbranched alkanes of at least 4 members (excludes halogenated alkanes) is 8. The highest BCUT2D eigenvalue weighted by molar-refractivity contribution is 6.28. The monoisotopic (exact) mass is 1850 g/mol. The zero-order chi connectivity index (χ0) is 96.0. The average Bonchev–Trinajstić information content (AvgIpc) is 1.47. The second-order valence-corrected chi connectivity index (χ2v) is 50.1. The predicted octanol–water partition coefficient (Wildman–Crippen LogP) is 38.2. The maximum Gasteiger partial charge on any atom is 0.0728 e. The highest BCUT2D eigenvalue weighted by Gasteiger charge is 2.78. The lowest BCUT2D eigenvalue weighted by atomic mass is 9.31. The van der Waals surface area contributed by atoms with Gasteiger partial charge in [0.15, 0.2) is 0 Å². The lowest BCUT2D eigenvalue weighted by molar-refractivity contribution is -0.199. The molecule has 0 N–H and O–H groups in total. The lowest BCUT2D eigenvalue weighted by Crippen LogP contribution is -2.69. The quantitative estimate of drug-likeness (QED) is 0.0438. The zero-order valence-electron chi connectivity index (χ0n) is 87.6. The summed E-state index contributed by atoms with van der Waals surface area (Å²) in [7, 11) is 0. The fourth-order valence-electron chi connectivity index (χ4n) is 36.4. The van der Waals surface area contributed by atoms with Crippen LogP contribution in [0.1, 0.15) is 381 Å². The number of hydrogen-bond acceptors (Lipinski definition) is 2. The van der Waals surface area contributed by atoms with E-state index in [2.05, 4.69) is 328 Å². The minimum absolute atomic E-state index is 0.146. The molecule has 27 rings (SSSR count). The van der Waals surface area contributed by atoms with E-state index in [0.717, 1.165) is 49.4 Å². The summed E-state index contributed by atoms with van der Waals surface area (Å²) in [5.41, 5.74) is 52.9. The minimum Gasteiger partial charge on any atom is -0.305 e. The van der Waals surface area contributed by atoms with Gasteiger partial charge in [-0.05, 0) is 380 Å². The SMILES string of the molecule is CCCCCCC(CC)C1(C(CC)CCCCC)c2cc(-c3ccc4c(c3)C(C)(C)c3cc(-c5ccccc5)ccc3-4)ccc2-c2ccc(-c3ccc4c(c3)C(C)(C)c3cc(-c5ccc6c(c5)C(C(CC)CCCC)(C(CC)CCCCC)c5cc(-c7ccc8c(c7)C(C)(C)c7c-8cc8c9c%10c(ncc9n9c%11cnc%12c(c%11c7c89)C7CC8CC9CC%12(C)C89C7)C7(C)CC8CC%10CC7C8)ccc5-6)ccc3-4)cc21. The van der Waals surface area contributed by atoms with Crippen molar-refractivity contribution in [3.63, 3.8) is 0 Å². The van der Waals surface area contributed by atoms with Crippen molar-refractivity contribution in [2.75, 3.05) is 0 Å². The number of hydrogen-bond donors (Lipinski definition) is 0. The van der Waals surface area contributed by atoms with Crippen LogP contribution in [-0.4, -0.2) is 14.4 Å². The van der Waals surface area contributed by atoms with Gasteiger partial charge in [-0.15, -0.1) is 0 Å². The van der Waals surface area contributed by atoms with Crippen LogP contribution in [0.4, 0.5) is 0 Å². The molecule has 0 amide bonds. The Bertz CT molecular complexity index is 7720. The van der Waals surface area contributed by atoms with Gasteiger partial charge >= 0.3 is 0 Å². The summed E-state index contributed by atoms with van der Waals surface area (Å²) < 4.78 is 2.75. The Kier molecular flexibility index (Phi) is 20.3. The van der Waals surface area contributed by atoms with Gasteiger partial charge in [0.05, 0.1) is 40.3 Å². The van der Waals surface area contributed by atoms with Gasteiger partial charge in [-0.2, -0.15) is 0 Å². The molecular weight excluding hydrogens is 1700 g/mol. The third-order valence-electron chi connectivity index (χ3n) is 42.9. The first kappa shape index (κ1) is 89.4. The smallest absolute Gasteiger partial charge is 0.0728 e. The topological polar surface area (TPSA) is 30.2 Å². The molecule has 3 nitrogen and oxygen atoms in total. The van der Waals surface area contributed by atoms with E-state index in [9.17, 15) is 0 Å².